The highest BCUT2D eigenvalue weighted by atomic mass is 32.2. The van der Waals surface area contributed by atoms with Crippen LogP contribution in [0.4, 0.5) is 0 Å². The van der Waals surface area contributed by atoms with E-state index >= 15 is 0 Å². The van der Waals surface area contributed by atoms with Crippen molar-refractivity contribution in [2.24, 2.45) is 0 Å². The van der Waals surface area contributed by atoms with Crippen LogP contribution in [0.5, 0.6) is 0 Å². The predicted molar refractivity (Wildman–Crippen MR) is 85.9 cm³/mol. The molecule has 3 nitrogen and oxygen atoms in total. The van der Waals surface area contributed by atoms with Crippen LogP contribution < -0.4 is 4.72 Å². The topological polar surface area (TPSA) is 29.9 Å². The molecule has 20 heavy (non-hydrogen) atoms. The summed E-state index contributed by atoms with van der Waals surface area (Å²) in [7, 11) is 0. The number of hydrogen-bond acceptors (Lipinski definition) is 3. The fourth-order valence-corrected chi connectivity index (χ4v) is 2.67. The van der Waals surface area contributed by atoms with Gasteiger partial charge >= 0.3 is 0 Å². The minimum absolute atomic E-state index is 0.650. The van der Waals surface area contributed by atoms with Gasteiger partial charge in [-0.05, 0) is 48.4 Å². The van der Waals surface area contributed by atoms with Crippen molar-refractivity contribution in [1.82, 2.24) is 14.3 Å². The van der Waals surface area contributed by atoms with Gasteiger partial charge in [0, 0.05) is 30.4 Å². The Balaban J connectivity index is 1.66. The number of aryl methyl sites for hydroxylation is 1. The highest BCUT2D eigenvalue weighted by Gasteiger charge is 2.02. The molecule has 0 fully saturated rings. The van der Waals surface area contributed by atoms with Gasteiger partial charge in [-0.15, -0.1) is 0 Å². The van der Waals surface area contributed by atoms with Crippen LogP contribution in [0.3, 0.4) is 0 Å². The van der Waals surface area contributed by atoms with E-state index < -0.39 is 0 Å². The maximum Gasteiger partial charge on any atom is 0.0945 e. The summed E-state index contributed by atoms with van der Waals surface area (Å²) in [5, 5.41) is 0. The molecule has 2 rings (SSSR count). The fourth-order valence-electron chi connectivity index (χ4n) is 1.99. The lowest BCUT2D eigenvalue weighted by Gasteiger charge is -2.10. The average Bonchev–Trinajstić information content (AvgIpc) is 3.00. The smallest absolute Gasteiger partial charge is 0.0945 e. The highest BCUT2D eigenvalue weighted by molar-refractivity contribution is 7.97. The largest absolute Gasteiger partial charge is 0.337 e. The molecule has 0 saturated carbocycles. The van der Waals surface area contributed by atoms with Gasteiger partial charge in [0.2, 0.25) is 0 Å². The Kier molecular flexibility index (Phi) is 6.15. The fraction of sp³-hybridized carbons (Fsp3) is 0.438. The molecule has 0 aliphatic carbocycles. The summed E-state index contributed by atoms with van der Waals surface area (Å²) < 4.78 is 5.51. The van der Waals surface area contributed by atoms with Crippen molar-refractivity contribution < 1.29 is 0 Å². The second kappa shape index (κ2) is 8.12. The minimum Gasteiger partial charge on any atom is -0.337 e. The van der Waals surface area contributed by atoms with Crippen LogP contribution in [-0.4, -0.2) is 16.1 Å². The summed E-state index contributed by atoms with van der Waals surface area (Å²) in [6.07, 6.45) is 7.98. The van der Waals surface area contributed by atoms with Gasteiger partial charge in [-0.25, -0.2) is 4.98 Å². The summed E-state index contributed by atoms with van der Waals surface area (Å²) in [5.74, 6) is 0.650. The number of hydrogen-bond donors (Lipinski definition) is 1. The van der Waals surface area contributed by atoms with E-state index in [0.717, 1.165) is 19.5 Å². The van der Waals surface area contributed by atoms with Crippen LogP contribution in [0, 0.1) is 0 Å². The van der Waals surface area contributed by atoms with Gasteiger partial charge in [-0.1, -0.05) is 26.0 Å². The lowest BCUT2D eigenvalue weighted by molar-refractivity contribution is 0.638. The van der Waals surface area contributed by atoms with Gasteiger partial charge in [0.1, 0.15) is 0 Å². The standard InChI is InChI=1S/C16H23N3S/c1-3-14(2)15-5-7-16(8-6-15)20-18-9-4-11-19-12-10-17-13-19/h5-8,10,12-14,18H,3-4,9,11H2,1-2H3. The molecule has 0 radical (unpaired) electrons. The molecule has 1 N–H and O–H groups in total. The first kappa shape index (κ1) is 15.1. The molecule has 0 spiro atoms. The lowest BCUT2D eigenvalue weighted by atomic mass is 9.99. The SMILES string of the molecule is CCC(C)c1ccc(SNCCCn2ccnc2)cc1. The van der Waals surface area contributed by atoms with E-state index in [1.165, 1.54) is 16.9 Å². The molecule has 4 heteroatoms. The molecule has 0 amide bonds. The van der Waals surface area contributed by atoms with Gasteiger partial charge < -0.3 is 4.57 Å². The Hall–Kier alpha value is -1.26. The Labute approximate surface area is 125 Å². The normalized spacial score (nSPS) is 12.5. The third-order valence-electron chi connectivity index (χ3n) is 3.51. The summed E-state index contributed by atoms with van der Waals surface area (Å²) in [4.78, 5) is 5.31. The van der Waals surface area contributed by atoms with E-state index in [2.05, 4.69) is 52.4 Å². The van der Waals surface area contributed by atoms with Gasteiger partial charge in [0.15, 0.2) is 0 Å². The second-order valence-electron chi connectivity index (χ2n) is 5.03. The van der Waals surface area contributed by atoms with Gasteiger partial charge in [0.05, 0.1) is 6.33 Å². The van der Waals surface area contributed by atoms with Gasteiger partial charge in [-0.2, -0.15) is 0 Å². The molecule has 0 saturated heterocycles. The predicted octanol–water partition coefficient (Wildman–Crippen LogP) is 4.08. The second-order valence-corrected chi connectivity index (χ2v) is 5.99. The first-order valence-electron chi connectivity index (χ1n) is 7.25. The molecule has 1 heterocycles. The first-order chi connectivity index (χ1) is 9.79. The zero-order chi connectivity index (χ0) is 14.2. The van der Waals surface area contributed by atoms with Crippen molar-refractivity contribution in [2.45, 2.75) is 44.0 Å². The molecular weight excluding hydrogens is 266 g/mol. The molecule has 1 atom stereocenters. The quantitative estimate of drug-likeness (QED) is 0.586. The average molecular weight is 289 g/mol. The summed E-state index contributed by atoms with van der Waals surface area (Å²) in [5.41, 5.74) is 1.43. The molecular formula is C16H23N3S. The van der Waals surface area contributed by atoms with E-state index in [1.807, 2.05) is 18.7 Å². The molecule has 0 aliphatic heterocycles. The summed E-state index contributed by atoms with van der Waals surface area (Å²) in [6, 6.07) is 8.89. The van der Waals surface area contributed by atoms with Crippen LogP contribution in [0.1, 0.15) is 38.2 Å². The Morgan fingerprint density at radius 3 is 2.75 bits per heavy atom. The maximum absolute atomic E-state index is 4.04. The molecule has 2 aromatic rings. The van der Waals surface area contributed by atoms with E-state index in [-0.39, 0.29) is 0 Å². The van der Waals surface area contributed by atoms with Crippen LogP contribution >= 0.6 is 11.9 Å². The maximum atomic E-state index is 4.04. The minimum atomic E-state index is 0.650. The monoisotopic (exact) mass is 289 g/mol. The van der Waals surface area contributed by atoms with Crippen LogP contribution in [0.2, 0.25) is 0 Å². The molecule has 108 valence electrons. The van der Waals surface area contributed by atoms with E-state index in [0.29, 0.717) is 5.92 Å². The van der Waals surface area contributed by atoms with Crippen LogP contribution in [0.25, 0.3) is 0 Å². The van der Waals surface area contributed by atoms with Gasteiger partial charge in [-0.3, -0.25) is 4.72 Å². The van der Waals surface area contributed by atoms with Crippen molar-refractivity contribution in [2.75, 3.05) is 6.54 Å². The van der Waals surface area contributed by atoms with Crippen molar-refractivity contribution in [3.05, 3.63) is 48.5 Å². The van der Waals surface area contributed by atoms with Crippen molar-refractivity contribution in [1.29, 1.82) is 0 Å². The number of nitrogens with one attached hydrogen (secondary N) is 1. The Bertz CT molecular complexity index is 479. The third-order valence-corrected chi connectivity index (χ3v) is 4.36. The zero-order valence-corrected chi connectivity index (χ0v) is 13.1. The number of nitrogens with zero attached hydrogens (tertiary/aromatic N) is 2. The summed E-state index contributed by atoms with van der Waals surface area (Å²) in [6.45, 7) is 6.52. The van der Waals surface area contributed by atoms with E-state index in [9.17, 15) is 0 Å². The third kappa shape index (κ3) is 4.69. The van der Waals surface area contributed by atoms with Crippen LogP contribution in [-0.2, 0) is 6.54 Å². The number of aromatic nitrogens is 2. The number of benzene rings is 1. The van der Waals surface area contributed by atoms with Crippen molar-refractivity contribution in [3.63, 3.8) is 0 Å². The van der Waals surface area contributed by atoms with E-state index in [1.54, 1.807) is 11.9 Å². The number of imidazole rings is 1. The van der Waals surface area contributed by atoms with Crippen molar-refractivity contribution in [3.8, 4) is 0 Å². The lowest BCUT2D eigenvalue weighted by Crippen LogP contribution is -2.08. The summed E-state index contributed by atoms with van der Waals surface area (Å²) >= 11 is 1.71. The highest BCUT2D eigenvalue weighted by Crippen LogP contribution is 2.22. The molecule has 0 aliphatic rings. The Morgan fingerprint density at radius 2 is 2.10 bits per heavy atom. The molecule has 1 aromatic heterocycles. The zero-order valence-electron chi connectivity index (χ0n) is 12.2. The molecule has 1 aromatic carbocycles. The molecule has 1 unspecified atom stereocenters. The van der Waals surface area contributed by atoms with Crippen LogP contribution in [0.15, 0.2) is 47.9 Å². The van der Waals surface area contributed by atoms with E-state index in [4.69, 9.17) is 0 Å². The number of rotatable bonds is 8. The Morgan fingerprint density at radius 1 is 1.30 bits per heavy atom. The van der Waals surface area contributed by atoms with Crippen molar-refractivity contribution >= 4 is 11.9 Å². The molecule has 0 bridgehead atoms. The van der Waals surface area contributed by atoms with Gasteiger partial charge in [0.25, 0.3) is 0 Å². The first-order valence-corrected chi connectivity index (χ1v) is 8.06.